The highest BCUT2D eigenvalue weighted by atomic mass is 16.2. The van der Waals surface area contributed by atoms with Crippen LogP contribution in [-0.4, -0.2) is 30.3 Å². The summed E-state index contributed by atoms with van der Waals surface area (Å²) < 4.78 is 0. The molecule has 0 spiro atoms. The number of hydrogen-bond donors (Lipinski definition) is 1. The Balaban J connectivity index is 2.17. The average molecular weight is 286 g/mol. The first kappa shape index (κ1) is 15.4. The van der Waals surface area contributed by atoms with E-state index in [-0.39, 0.29) is 5.54 Å². The zero-order valence-electron chi connectivity index (χ0n) is 13.1. The molecule has 1 aromatic carbocycles. The monoisotopic (exact) mass is 286 g/mol. The molecule has 0 fully saturated rings. The Morgan fingerprint density at radius 3 is 2.57 bits per heavy atom. The third kappa shape index (κ3) is 3.22. The topological polar surface area (TPSA) is 49.4 Å². The highest BCUT2D eigenvalue weighted by Gasteiger charge is 2.36. The van der Waals surface area contributed by atoms with E-state index in [0.29, 0.717) is 18.7 Å². The van der Waals surface area contributed by atoms with Crippen LogP contribution < -0.4 is 10.2 Å². The van der Waals surface area contributed by atoms with Crippen LogP contribution in [0, 0.1) is 6.92 Å². The number of hydrogen-bond acceptors (Lipinski definition) is 3. The zero-order chi connectivity index (χ0) is 15.8. The van der Waals surface area contributed by atoms with E-state index in [4.69, 9.17) is 0 Å². The van der Waals surface area contributed by atoms with E-state index in [1.54, 1.807) is 17.0 Å². The lowest BCUT2D eigenvalue weighted by Gasteiger charge is -2.24. The van der Waals surface area contributed by atoms with Crippen LogP contribution >= 0.6 is 0 Å². The van der Waals surface area contributed by atoms with Crippen LogP contribution in [0.2, 0.25) is 0 Å². The molecule has 0 atom stereocenters. The smallest absolute Gasteiger partial charge is 0.299 e. The van der Waals surface area contributed by atoms with Gasteiger partial charge in [0.15, 0.2) is 0 Å². The predicted molar refractivity (Wildman–Crippen MR) is 84.8 cm³/mol. The van der Waals surface area contributed by atoms with E-state index in [1.807, 2.05) is 13.0 Å². The van der Waals surface area contributed by atoms with Gasteiger partial charge in [-0.05, 0) is 44.9 Å². The lowest BCUT2D eigenvalue weighted by Crippen LogP contribution is -2.39. The van der Waals surface area contributed by atoms with Crippen LogP contribution in [-0.2, 0) is 4.79 Å². The number of benzene rings is 1. The molecule has 0 saturated carbocycles. The van der Waals surface area contributed by atoms with Crippen LogP contribution in [0.5, 0.6) is 0 Å². The summed E-state index contributed by atoms with van der Waals surface area (Å²) in [6, 6.07) is 5.42. The van der Waals surface area contributed by atoms with Crippen LogP contribution in [0.25, 0.3) is 0 Å². The number of Topliss-reactive ketones (excluding diaryl/α,β-unsaturated/α-hetero) is 1. The third-order valence-corrected chi connectivity index (χ3v) is 3.44. The Bertz CT molecular complexity index is 612. The summed E-state index contributed by atoms with van der Waals surface area (Å²) in [6.45, 7) is 13.1. The molecule has 0 unspecified atom stereocenters. The van der Waals surface area contributed by atoms with Crippen molar-refractivity contribution < 1.29 is 9.59 Å². The summed E-state index contributed by atoms with van der Waals surface area (Å²) in [4.78, 5) is 25.7. The van der Waals surface area contributed by atoms with Gasteiger partial charge in [0.25, 0.3) is 11.7 Å². The first-order valence-corrected chi connectivity index (χ1v) is 7.08. The minimum absolute atomic E-state index is 0.0123. The van der Waals surface area contributed by atoms with Crippen molar-refractivity contribution in [1.82, 2.24) is 5.32 Å². The van der Waals surface area contributed by atoms with Crippen LogP contribution in [0.1, 0.15) is 36.7 Å². The second kappa shape index (κ2) is 5.45. The van der Waals surface area contributed by atoms with E-state index in [2.05, 4.69) is 32.7 Å². The Morgan fingerprint density at radius 2 is 1.95 bits per heavy atom. The van der Waals surface area contributed by atoms with Gasteiger partial charge in [0.1, 0.15) is 0 Å². The zero-order valence-corrected chi connectivity index (χ0v) is 13.1. The van der Waals surface area contributed by atoms with E-state index in [1.165, 1.54) is 0 Å². The molecule has 1 aliphatic heterocycles. The Kier molecular flexibility index (Phi) is 4.01. The molecule has 1 amide bonds. The number of carbonyl (C=O) groups is 2. The van der Waals surface area contributed by atoms with Gasteiger partial charge in [0.05, 0.1) is 11.3 Å². The minimum Gasteiger partial charge on any atom is -0.308 e. The van der Waals surface area contributed by atoms with Crippen molar-refractivity contribution in [1.29, 1.82) is 0 Å². The van der Waals surface area contributed by atoms with Crippen molar-refractivity contribution in [3.8, 4) is 0 Å². The van der Waals surface area contributed by atoms with Crippen LogP contribution in [0.4, 0.5) is 5.69 Å². The molecule has 21 heavy (non-hydrogen) atoms. The number of amides is 1. The number of carbonyl (C=O) groups excluding carboxylic acids is 2. The van der Waals surface area contributed by atoms with Crippen molar-refractivity contribution in [2.75, 3.05) is 18.0 Å². The maximum Gasteiger partial charge on any atom is 0.299 e. The summed E-state index contributed by atoms with van der Waals surface area (Å²) >= 11 is 0. The standard InChI is InChI=1S/C17H22N2O2/c1-11(9-18-17(3,4)5)10-19-14-12(2)7-6-8-13(14)15(20)16(19)21/h6-8,18H,1,9-10H2,2-5H3. The fourth-order valence-electron chi connectivity index (χ4n) is 2.36. The van der Waals surface area contributed by atoms with Crippen molar-refractivity contribution in [2.45, 2.75) is 33.2 Å². The number of nitrogens with zero attached hydrogens (tertiary/aromatic N) is 1. The van der Waals surface area contributed by atoms with Crippen molar-refractivity contribution in [3.05, 3.63) is 41.5 Å². The second-order valence-electron chi connectivity index (χ2n) is 6.55. The number of ketones is 1. The van der Waals surface area contributed by atoms with Crippen LogP contribution in [0.15, 0.2) is 30.4 Å². The molecular weight excluding hydrogens is 264 g/mol. The molecule has 4 heteroatoms. The Labute approximate surface area is 125 Å². The molecule has 0 aromatic heterocycles. The number of para-hydroxylation sites is 1. The summed E-state index contributed by atoms with van der Waals surface area (Å²) in [6.07, 6.45) is 0. The summed E-state index contributed by atoms with van der Waals surface area (Å²) in [5.74, 6) is -0.888. The lowest BCUT2D eigenvalue weighted by atomic mass is 10.1. The molecule has 0 aliphatic carbocycles. The van der Waals surface area contributed by atoms with Crippen molar-refractivity contribution in [3.63, 3.8) is 0 Å². The maximum atomic E-state index is 12.2. The number of rotatable bonds is 4. The first-order chi connectivity index (χ1) is 9.70. The predicted octanol–water partition coefficient (Wildman–Crippen LogP) is 2.47. The quantitative estimate of drug-likeness (QED) is 0.683. The van der Waals surface area contributed by atoms with E-state index < -0.39 is 11.7 Å². The normalized spacial score (nSPS) is 14.6. The van der Waals surface area contributed by atoms with Gasteiger partial charge in [-0.2, -0.15) is 0 Å². The maximum absolute atomic E-state index is 12.2. The van der Waals surface area contributed by atoms with Crippen LogP contribution in [0.3, 0.4) is 0 Å². The largest absolute Gasteiger partial charge is 0.308 e. The van der Waals surface area contributed by atoms with Gasteiger partial charge < -0.3 is 10.2 Å². The number of fused-ring (bicyclic) bond motifs is 1. The molecule has 2 rings (SSSR count). The van der Waals surface area contributed by atoms with Gasteiger partial charge in [-0.15, -0.1) is 0 Å². The first-order valence-electron chi connectivity index (χ1n) is 7.08. The molecule has 0 bridgehead atoms. The fourth-order valence-corrected chi connectivity index (χ4v) is 2.36. The van der Waals surface area contributed by atoms with Crippen molar-refractivity contribution in [2.24, 2.45) is 0 Å². The van der Waals surface area contributed by atoms with Gasteiger partial charge in [0, 0.05) is 18.6 Å². The summed E-state index contributed by atoms with van der Waals surface area (Å²) in [7, 11) is 0. The SMILES string of the molecule is C=C(CNC(C)(C)C)CN1C(=O)C(=O)c2cccc(C)c21. The molecule has 4 nitrogen and oxygen atoms in total. The number of aryl methyl sites for hydroxylation is 1. The lowest BCUT2D eigenvalue weighted by molar-refractivity contribution is -0.114. The molecule has 1 heterocycles. The van der Waals surface area contributed by atoms with Gasteiger partial charge >= 0.3 is 0 Å². The third-order valence-electron chi connectivity index (χ3n) is 3.44. The van der Waals surface area contributed by atoms with E-state index in [9.17, 15) is 9.59 Å². The molecule has 0 saturated heterocycles. The summed E-state index contributed by atoms with van der Waals surface area (Å²) in [5.41, 5.74) is 3.02. The Hall–Kier alpha value is -1.94. The highest BCUT2D eigenvalue weighted by Crippen LogP contribution is 2.32. The second-order valence-corrected chi connectivity index (χ2v) is 6.55. The Morgan fingerprint density at radius 1 is 1.29 bits per heavy atom. The molecule has 0 radical (unpaired) electrons. The van der Waals surface area contributed by atoms with Gasteiger partial charge in [-0.1, -0.05) is 18.7 Å². The van der Waals surface area contributed by atoms with E-state index >= 15 is 0 Å². The number of anilines is 1. The van der Waals surface area contributed by atoms with Crippen molar-refractivity contribution >= 4 is 17.4 Å². The van der Waals surface area contributed by atoms with Gasteiger partial charge in [-0.3, -0.25) is 9.59 Å². The number of nitrogens with one attached hydrogen (secondary N) is 1. The average Bonchev–Trinajstić information content (AvgIpc) is 2.62. The molecule has 1 aliphatic rings. The fraction of sp³-hybridized carbons (Fsp3) is 0.412. The minimum atomic E-state index is -0.462. The molecular formula is C17H22N2O2. The molecule has 1 N–H and O–H groups in total. The van der Waals surface area contributed by atoms with Gasteiger partial charge in [0.2, 0.25) is 0 Å². The van der Waals surface area contributed by atoms with Gasteiger partial charge in [-0.25, -0.2) is 0 Å². The summed E-state index contributed by atoms with van der Waals surface area (Å²) in [5, 5.41) is 3.34. The molecule has 1 aromatic rings. The molecule has 112 valence electrons. The highest BCUT2D eigenvalue weighted by molar-refractivity contribution is 6.52. The van der Waals surface area contributed by atoms with E-state index in [0.717, 1.165) is 16.8 Å².